The highest BCUT2D eigenvalue weighted by atomic mass is 79.9. The lowest BCUT2D eigenvalue weighted by molar-refractivity contribution is -0.120. The summed E-state index contributed by atoms with van der Waals surface area (Å²) in [4.78, 5) is 12.1. The lowest BCUT2D eigenvalue weighted by Crippen LogP contribution is -2.40. The van der Waals surface area contributed by atoms with Gasteiger partial charge in [-0.25, -0.2) is 8.42 Å². The van der Waals surface area contributed by atoms with Crippen LogP contribution in [-0.2, 0) is 21.1 Å². The smallest absolute Gasteiger partial charge is 0.159 e. The number of ketones is 1. The summed E-state index contributed by atoms with van der Waals surface area (Å²) in [5.41, 5.74) is 0.626. The summed E-state index contributed by atoms with van der Waals surface area (Å²) in [6.07, 6.45) is 1.07. The second-order valence-corrected chi connectivity index (χ2v) is 8.51. The normalized spacial score (nSPS) is 12.5. The Morgan fingerprint density at radius 3 is 2.39 bits per heavy atom. The van der Waals surface area contributed by atoms with Crippen molar-refractivity contribution in [2.24, 2.45) is 0 Å². The van der Waals surface area contributed by atoms with Crippen LogP contribution in [0.2, 0.25) is 5.02 Å². The fourth-order valence-corrected chi connectivity index (χ4v) is 2.48. The van der Waals surface area contributed by atoms with Crippen molar-refractivity contribution in [1.82, 2.24) is 0 Å². The van der Waals surface area contributed by atoms with Crippen LogP contribution in [0.1, 0.15) is 19.4 Å². The Labute approximate surface area is 121 Å². The third-order valence-electron chi connectivity index (χ3n) is 2.96. The molecule has 0 aliphatic rings. The molecule has 100 valence electrons. The molecule has 6 heteroatoms. The summed E-state index contributed by atoms with van der Waals surface area (Å²) in [7, 11) is -3.44. The summed E-state index contributed by atoms with van der Waals surface area (Å²) < 4.78 is 22.5. The molecule has 1 rings (SSSR count). The van der Waals surface area contributed by atoms with Crippen molar-refractivity contribution in [3.05, 3.63) is 33.3 Å². The zero-order valence-corrected chi connectivity index (χ0v) is 13.5. The highest BCUT2D eigenvalue weighted by Gasteiger charge is 2.37. The van der Waals surface area contributed by atoms with Crippen molar-refractivity contribution in [3.8, 4) is 0 Å². The number of halogens is 2. The van der Waals surface area contributed by atoms with Gasteiger partial charge in [-0.15, -0.1) is 0 Å². The molecule has 1 aromatic rings. The van der Waals surface area contributed by atoms with Crippen LogP contribution in [0.25, 0.3) is 0 Å². The lowest BCUT2D eigenvalue weighted by Gasteiger charge is -2.21. The van der Waals surface area contributed by atoms with E-state index in [1.54, 1.807) is 18.2 Å². The van der Waals surface area contributed by atoms with Gasteiger partial charge in [-0.1, -0.05) is 33.6 Å². The number of sulfone groups is 1. The second kappa shape index (κ2) is 5.31. The predicted octanol–water partition coefficient (Wildman–Crippen LogP) is 3.04. The van der Waals surface area contributed by atoms with E-state index in [0.29, 0.717) is 10.6 Å². The van der Waals surface area contributed by atoms with Gasteiger partial charge in [0.2, 0.25) is 0 Å². The van der Waals surface area contributed by atoms with Crippen LogP contribution in [0.4, 0.5) is 0 Å². The van der Waals surface area contributed by atoms with Crippen LogP contribution < -0.4 is 0 Å². The molecule has 0 saturated carbocycles. The maximum absolute atomic E-state index is 12.1. The zero-order chi connectivity index (χ0) is 14.1. The Bertz CT molecular complexity index is 579. The quantitative estimate of drug-likeness (QED) is 0.836. The van der Waals surface area contributed by atoms with E-state index in [2.05, 4.69) is 15.9 Å². The van der Waals surface area contributed by atoms with Gasteiger partial charge < -0.3 is 0 Å². The molecule has 0 N–H and O–H groups in total. The summed E-state index contributed by atoms with van der Waals surface area (Å²) in [6.45, 7) is 2.83. The van der Waals surface area contributed by atoms with E-state index in [0.717, 1.165) is 10.7 Å². The van der Waals surface area contributed by atoms with Crippen molar-refractivity contribution in [2.75, 3.05) is 6.26 Å². The maximum atomic E-state index is 12.1. The van der Waals surface area contributed by atoms with Gasteiger partial charge >= 0.3 is 0 Å². The van der Waals surface area contributed by atoms with Crippen LogP contribution in [0.5, 0.6) is 0 Å². The zero-order valence-electron chi connectivity index (χ0n) is 10.3. The largest absolute Gasteiger partial charge is 0.298 e. The average Bonchev–Trinajstić information content (AvgIpc) is 2.20. The van der Waals surface area contributed by atoms with Crippen LogP contribution in [0.3, 0.4) is 0 Å². The van der Waals surface area contributed by atoms with Gasteiger partial charge in [0.1, 0.15) is 4.75 Å². The molecular formula is C12H14BrClO3S. The molecule has 0 saturated heterocycles. The average molecular weight is 354 g/mol. The molecule has 3 nitrogen and oxygen atoms in total. The number of hydrogen-bond acceptors (Lipinski definition) is 3. The summed E-state index contributed by atoms with van der Waals surface area (Å²) in [5.74, 6) is -0.366. The molecule has 0 aliphatic carbocycles. The van der Waals surface area contributed by atoms with Crippen molar-refractivity contribution >= 4 is 43.2 Å². The molecule has 0 atom stereocenters. The highest BCUT2D eigenvalue weighted by molar-refractivity contribution is 9.10. The molecule has 0 spiro atoms. The molecule has 0 fully saturated rings. The van der Waals surface area contributed by atoms with E-state index in [1.165, 1.54) is 13.8 Å². The van der Waals surface area contributed by atoms with Gasteiger partial charge in [-0.2, -0.15) is 0 Å². The van der Waals surface area contributed by atoms with Gasteiger partial charge in [0.15, 0.2) is 15.6 Å². The van der Waals surface area contributed by atoms with E-state index in [4.69, 9.17) is 11.6 Å². The van der Waals surface area contributed by atoms with Gasteiger partial charge in [0.05, 0.1) is 0 Å². The third-order valence-corrected chi connectivity index (χ3v) is 5.89. The lowest BCUT2D eigenvalue weighted by atomic mass is 10.0. The number of Topliss-reactive ketones (excluding diaryl/α,β-unsaturated/α-hetero) is 1. The van der Waals surface area contributed by atoms with E-state index >= 15 is 0 Å². The molecule has 0 heterocycles. The van der Waals surface area contributed by atoms with Crippen molar-refractivity contribution < 1.29 is 13.2 Å². The van der Waals surface area contributed by atoms with Crippen LogP contribution in [0.15, 0.2) is 22.7 Å². The molecule has 1 aromatic carbocycles. The van der Waals surface area contributed by atoms with Crippen LogP contribution in [-0.4, -0.2) is 25.2 Å². The Morgan fingerprint density at radius 2 is 1.94 bits per heavy atom. The predicted molar refractivity (Wildman–Crippen MR) is 76.8 cm³/mol. The van der Waals surface area contributed by atoms with Crippen molar-refractivity contribution in [2.45, 2.75) is 25.0 Å². The molecule has 0 unspecified atom stereocenters. The fraction of sp³-hybridized carbons (Fsp3) is 0.417. The fourth-order valence-electron chi connectivity index (χ4n) is 1.26. The second-order valence-electron chi connectivity index (χ2n) is 4.62. The van der Waals surface area contributed by atoms with Gasteiger partial charge in [0.25, 0.3) is 0 Å². The Balaban J connectivity index is 3.02. The summed E-state index contributed by atoms with van der Waals surface area (Å²) in [6, 6.07) is 5.15. The van der Waals surface area contributed by atoms with Gasteiger partial charge in [-0.3, -0.25) is 4.79 Å². The van der Waals surface area contributed by atoms with Gasteiger partial charge in [0, 0.05) is 22.2 Å². The molecule has 0 radical (unpaired) electrons. The third kappa shape index (κ3) is 3.33. The van der Waals surface area contributed by atoms with E-state index < -0.39 is 14.6 Å². The first-order valence-corrected chi connectivity index (χ1v) is 8.29. The first-order valence-electron chi connectivity index (χ1n) is 5.22. The number of rotatable bonds is 4. The summed E-state index contributed by atoms with van der Waals surface area (Å²) >= 11 is 9.27. The Kier molecular flexibility index (Phi) is 4.62. The van der Waals surface area contributed by atoms with Crippen molar-refractivity contribution in [3.63, 3.8) is 0 Å². The van der Waals surface area contributed by atoms with Crippen LogP contribution in [0, 0.1) is 0 Å². The number of benzene rings is 1. The Morgan fingerprint density at radius 1 is 1.39 bits per heavy atom. The van der Waals surface area contributed by atoms with Crippen molar-refractivity contribution in [1.29, 1.82) is 0 Å². The molecule has 0 bridgehead atoms. The van der Waals surface area contributed by atoms with Crippen LogP contribution >= 0.6 is 27.5 Å². The molecular weight excluding hydrogens is 340 g/mol. The highest BCUT2D eigenvalue weighted by Crippen LogP contribution is 2.25. The molecule has 0 aromatic heterocycles. The minimum atomic E-state index is -3.44. The first-order chi connectivity index (χ1) is 8.05. The first kappa shape index (κ1) is 15.7. The minimum Gasteiger partial charge on any atom is -0.298 e. The molecule has 18 heavy (non-hydrogen) atoms. The maximum Gasteiger partial charge on any atom is 0.159 e. The van der Waals surface area contributed by atoms with Gasteiger partial charge in [-0.05, 0) is 31.5 Å². The molecule has 0 amide bonds. The SMILES string of the molecule is CC(C)(C(=O)Cc1ccc(Br)cc1Cl)S(C)(=O)=O. The Hall–Kier alpha value is -0.390. The number of carbonyl (C=O) groups is 1. The van der Waals surface area contributed by atoms with E-state index in [1.807, 2.05) is 0 Å². The molecule has 0 aliphatic heterocycles. The topological polar surface area (TPSA) is 51.2 Å². The number of hydrogen-bond donors (Lipinski definition) is 0. The van der Waals surface area contributed by atoms with E-state index in [-0.39, 0.29) is 12.2 Å². The summed E-state index contributed by atoms with van der Waals surface area (Å²) in [5, 5.41) is 0.446. The van der Waals surface area contributed by atoms with E-state index in [9.17, 15) is 13.2 Å². The minimum absolute atomic E-state index is 0.00613. The monoisotopic (exact) mass is 352 g/mol. The standard InChI is InChI=1S/C12H14BrClO3S/c1-12(2,18(3,16)17)11(15)6-8-4-5-9(13)7-10(8)14/h4-5,7H,6H2,1-3H3. The number of carbonyl (C=O) groups excluding carboxylic acids is 1.